The van der Waals surface area contributed by atoms with Gasteiger partial charge in [-0.3, -0.25) is 0 Å². The number of nitriles is 1. The number of rotatable bonds is 1. The van der Waals surface area contributed by atoms with Crippen molar-refractivity contribution in [2.75, 3.05) is 5.75 Å². The lowest BCUT2D eigenvalue weighted by atomic mass is 10.4. The molecule has 46 valence electrons. The summed E-state index contributed by atoms with van der Waals surface area (Å²) in [7, 11) is 0. The van der Waals surface area contributed by atoms with Crippen LogP contribution >= 0.6 is 11.8 Å². The third-order valence-electron chi connectivity index (χ3n) is 0.511. The van der Waals surface area contributed by atoms with Crippen LogP contribution < -0.4 is 0 Å². The predicted octanol–water partition coefficient (Wildman–Crippen LogP) is 1.78. The van der Waals surface area contributed by atoms with Gasteiger partial charge < -0.3 is 0 Å². The van der Waals surface area contributed by atoms with Crippen molar-refractivity contribution in [2.45, 2.75) is 6.92 Å². The van der Waals surface area contributed by atoms with Crippen molar-refractivity contribution >= 4 is 11.8 Å². The third kappa shape index (κ3) is 7.14. The normalized spacial score (nSPS) is 6.67. The molecule has 0 saturated carbocycles. The number of allylic oxidation sites excluding steroid dienone is 1. The van der Waals surface area contributed by atoms with Gasteiger partial charge in [0, 0.05) is 0 Å². The number of thioether (sulfide) groups is 1. The molecule has 1 nitrogen and oxygen atoms in total. The minimum atomic E-state index is 0.573. The second-order valence-corrected chi connectivity index (χ2v) is 2.22. The molecule has 0 spiro atoms. The quantitative estimate of drug-likeness (QED) is 0.312. The lowest BCUT2D eigenvalue weighted by Gasteiger charge is -1.76. The van der Waals surface area contributed by atoms with E-state index >= 15 is 0 Å². The van der Waals surface area contributed by atoms with Gasteiger partial charge in [0.25, 0.3) is 0 Å². The first kappa shape index (κ1) is 8.14. The van der Waals surface area contributed by atoms with Crippen LogP contribution in [0.1, 0.15) is 6.92 Å². The Hall–Kier alpha value is -0.860. The van der Waals surface area contributed by atoms with Crippen molar-refractivity contribution in [3.05, 3.63) is 12.2 Å². The Bertz CT molecular complexity index is 189. The molecule has 0 aromatic heterocycles. The molecule has 0 aromatic rings. The van der Waals surface area contributed by atoms with Gasteiger partial charge in [0.15, 0.2) is 0 Å². The van der Waals surface area contributed by atoms with Gasteiger partial charge >= 0.3 is 0 Å². The van der Waals surface area contributed by atoms with Crippen molar-refractivity contribution in [3.8, 4) is 17.2 Å². The minimum Gasteiger partial charge on any atom is -0.185 e. The smallest absolute Gasteiger partial charge is 0.134 e. The van der Waals surface area contributed by atoms with Crippen molar-refractivity contribution in [2.24, 2.45) is 0 Å². The van der Waals surface area contributed by atoms with Crippen LogP contribution in [0.2, 0.25) is 0 Å². The van der Waals surface area contributed by atoms with Gasteiger partial charge in [-0.05, 0) is 24.3 Å². The summed E-state index contributed by atoms with van der Waals surface area (Å²) in [4.78, 5) is 0. The van der Waals surface area contributed by atoms with E-state index in [0.717, 1.165) is 17.3 Å². The second kappa shape index (κ2) is 5.28. The highest BCUT2D eigenvalue weighted by Crippen LogP contribution is 1.92. The topological polar surface area (TPSA) is 23.8 Å². The summed E-state index contributed by atoms with van der Waals surface area (Å²) in [5, 5.41) is 9.98. The highest BCUT2D eigenvalue weighted by molar-refractivity contribution is 8.03. The Morgan fingerprint density at radius 1 is 1.78 bits per heavy atom. The summed E-state index contributed by atoms with van der Waals surface area (Å²) < 4.78 is 0. The third-order valence-corrected chi connectivity index (χ3v) is 0.928. The molecule has 0 fully saturated rings. The lowest BCUT2D eigenvalue weighted by Crippen LogP contribution is -1.67. The summed E-state index contributed by atoms with van der Waals surface area (Å²) in [5.74, 6) is 6.11. The zero-order chi connectivity index (χ0) is 7.11. The van der Waals surface area contributed by atoms with Crippen LogP contribution in [-0.4, -0.2) is 5.75 Å². The first-order valence-corrected chi connectivity index (χ1v) is 3.41. The Morgan fingerprint density at radius 3 is 2.89 bits per heavy atom. The van der Waals surface area contributed by atoms with E-state index in [-0.39, 0.29) is 0 Å². The predicted molar refractivity (Wildman–Crippen MR) is 40.7 cm³/mol. The maximum absolute atomic E-state index is 8.05. The molecule has 0 amide bonds. The molecule has 0 N–H and O–H groups in total. The van der Waals surface area contributed by atoms with Gasteiger partial charge in [0.2, 0.25) is 0 Å². The van der Waals surface area contributed by atoms with Crippen molar-refractivity contribution in [3.63, 3.8) is 0 Å². The number of thiocyanates is 1. The molecule has 0 heterocycles. The Morgan fingerprint density at radius 2 is 2.44 bits per heavy atom. The SMILES string of the molecule is C=C(C)C#CCSC#N. The molecule has 0 aliphatic carbocycles. The summed E-state index contributed by atoms with van der Waals surface area (Å²) in [6, 6.07) is 0. The minimum absolute atomic E-state index is 0.573. The maximum Gasteiger partial charge on any atom is 0.134 e. The Labute approximate surface area is 59.8 Å². The van der Waals surface area contributed by atoms with Gasteiger partial charge in [-0.2, -0.15) is 5.26 Å². The molecule has 0 aliphatic rings. The van der Waals surface area contributed by atoms with E-state index in [0.29, 0.717) is 5.75 Å². The average Bonchev–Trinajstić information content (AvgIpc) is 1.80. The van der Waals surface area contributed by atoms with E-state index in [1.807, 2.05) is 12.3 Å². The molecule has 0 rings (SSSR count). The Kier molecular flexibility index (Phi) is 4.78. The standard InChI is InChI=1S/C7H7NS/c1-7(2)4-3-5-9-6-8/h1,5H2,2H3. The van der Waals surface area contributed by atoms with Crippen LogP contribution in [-0.2, 0) is 0 Å². The van der Waals surface area contributed by atoms with E-state index in [9.17, 15) is 0 Å². The summed E-state index contributed by atoms with van der Waals surface area (Å²) in [6.45, 7) is 5.42. The molecular formula is C7H7NS. The van der Waals surface area contributed by atoms with Crippen LogP contribution in [0.3, 0.4) is 0 Å². The van der Waals surface area contributed by atoms with Crippen molar-refractivity contribution in [1.82, 2.24) is 0 Å². The van der Waals surface area contributed by atoms with Gasteiger partial charge in [0.1, 0.15) is 5.40 Å². The molecule has 0 atom stereocenters. The summed E-state index contributed by atoms with van der Waals surface area (Å²) in [5.41, 5.74) is 0.841. The van der Waals surface area contributed by atoms with Gasteiger partial charge in [-0.25, -0.2) is 0 Å². The molecule has 0 radical (unpaired) electrons. The van der Waals surface area contributed by atoms with E-state index in [1.165, 1.54) is 0 Å². The fourth-order valence-corrected chi connectivity index (χ4v) is 0.464. The van der Waals surface area contributed by atoms with Crippen LogP contribution in [0.25, 0.3) is 0 Å². The van der Waals surface area contributed by atoms with Crippen LogP contribution in [0.5, 0.6) is 0 Å². The monoisotopic (exact) mass is 137 g/mol. The largest absolute Gasteiger partial charge is 0.185 e. The van der Waals surface area contributed by atoms with E-state index < -0.39 is 0 Å². The highest BCUT2D eigenvalue weighted by atomic mass is 32.2. The van der Waals surface area contributed by atoms with Crippen LogP contribution in [0.4, 0.5) is 0 Å². The summed E-state index contributed by atoms with van der Waals surface area (Å²) in [6.07, 6.45) is 0. The zero-order valence-corrected chi connectivity index (χ0v) is 6.09. The van der Waals surface area contributed by atoms with E-state index in [1.54, 1.807) is 0 Å². The molecular weight excluding hydrogens is 130 g/mol. The van der Waals surface area contributed by atoms with Crippen LogP contribution in [0.15, 0.2) is 12.2 Å². The Balaban J connectivity index is 3.41. The highest BCUT2D eigenvalue weighted by Gasteiger charge is 1.74. The maximum atomic E-state index is 8.05. The average molecular weight is 137 g/mol. The summed E-state index contributed by atoms with van der Waals surface area (Å²) >= 11 is 1.14. The molecule has 0 aromatic carbocycles. The van der Waals surface area contributed by atoms with E-state index in [2.05, 4.69) is 18.4 Å². The molecule has 0 saturated heterocycles. The molecule has 2 heteroatoms. The zero-order valence-electron chi connectivity index (χ0n) is 5.27. The number of hydrogen-bond acceptors (Lipinski definition) is 2. The number of nitrogens with zero attached hydrogens (tertiary/aromatic N) is 1. The van der Waals surface area contributed by atoms with Crippen molar-refractivity contribution in [1.29, 1.82) is 5.26 Å². The second-order valence-electron chi connectivity index (χ2n) is 1.46. The molecule has 0 aliphatic heterocycles. The number of hydrogen-bond donors (Lipinski definition) is 0. The van der Waals surface area contributed by atoms with Gasteiger partial charge in [0.05, 0.1) is 5.75 Å². The van der Waals surface area contributed by atoms with Crippen molar-refractivity contribution < 1.29 is 0 Å². The lowest BCUT2D eigenvalue weighted by molar-refractivity contribution is 1.57. The molecule has 0 bridgehead atoms. The fraction of sp³-hybridized carbons (Fsp3) is 0.286. The van der Waals surface area contributed by atoms with Gasteiger partial charge in [-0.15, -0.1) is 0 Å². The fourth-order valence-electron chi connectivity index (χ4n) is 0.255. The van der Waals surface area contributed by atoms with E-state index in [4.69, 9.17) is 5.26 Å². The molecule has 0 unspecified atom stereocenters. The van der Waals surface area contributed by atoms with Gasteiger partial charge in [-0.1, -0.05) is 18.4 Å². The first-order chi connectivity index (χ1) is 4.27. The first-order valence-electron chi connectivity index (χ1n) is 2.42. The molecule has 9 heavy (non-hydrogen) atoms. The van der Waals surface area contributed by atoms with Crippen LogP contribution in [0, 0.1) is 22.5 Å².